The van der Waals surface area contributed by atoms with Crippen LogP contribution in [0.15, 0.2) is 340 Å². The maximum absolute atomic E-state index is 10.3. The van der Waals surface area contributed by atoms with Crippen LogP contribution in [0.2, 0.25) is 0 Å². The summed E-state index contributed by atoms with van der Waals surface area (Å²) in [5, 5.41) is 72.1. The fraction of sp³-hybridized carbons (Fsp3) is 0.00885. The number of rotatable bonds is 16. The highest BCUT2D eigenvalue weighted by Gasteiger charge is 2.40. The van der Waals surface area contributed by atoms with Gasteiger partial charge in [0.1, 0.15) is 0 Å². The summed E-state index contributed by atoms with van der Waals surface area (Å²) in [6, 6.07) is 117. The van der Waals surface area contributed by atoms with Crippen LogP contribution in [0.25, 0.3) is 136 Å². The molecule has 0 saturated carbocycles. The summed E-state index contributed by atoms with van der Waals surface area (Å²) in [4.78, 5) is 0. The minimum absolute atomic E-state index is 0.0791. The first-order chi connectivity index (χ1) is 60.6. The van der Waals surface area contributed by atoms with E-state index in [1.807, 2.05) is 78.9 Å². The van der Waals surface area contributed by atoms with Gasteiger partial charge in [-0.3, -0.25) is 0 Å². The Labute approximate surface area is 722 Å². The normalized spacial score (nSPS) is 13.5. The molecule has 16 aromatic rings. The predicted molar refractivity (Wildman–Crippen MR) is 512 cm³/mol. The summed E-state index contributed by atoms with van der Waals surface area (Å²) < 4.78 is 0. The molecule has 0 fully saturated rings. The number of hydrogen-bond acceptors (Lipinski definition) is 7. The minimum Gasteiger partial charge on any atom is -0.449 e. The average molecular weight is 1590 g/mol. The minimum atomic E-state index is -1.64. The van der Waals surface area contributed by atoms with Crippen LogP contribution in [0.3, 0.4) is 0 Å². The number of terminal acetylenes is 4. The Balaban J connectivity index is 0.766. The third-order valence-corrected chi connectivity index (χ3v) is 24.9. The van der Waals surface area contributed by atoms with Gasteiger partial charge in [0.05, 0.1) is 5.41 Å². The highest BCUT2D eigenvalue weighted by atomic mass is 16.4. The van der Waals surface area contributed by atoms with Crippen molar-refractivity contribution < 1.29 is 35.2 Å². The van der Waals surface area contributed by atoms with E-state index < -0.39 is 26.8 Å². The van der Waals surface area contributed by atoms with E-state index in [4.69, 9.17) is 25.7 Å². The molecule has 0 bridgehead atoms. The van der Waals surface area contributed by atoms with Crippen LogP contribution in [0.5, 0.6) is 0 Å². The van der Waals surface area contributed by atoms with Crippen molar-refractivity contribution in [3.63, 3.8) is 0 Å². The molecule has 0 aromatic heterocycles. The van der Waals surface area contributed by atoms with Crippen LogP contribution in [-0.4, -0.2) is 64.0 Å². The van der Waals surface area contributed by atoms with Gasteiger partial charge in [0.15, 0.2) is 0 Å². The highest BCUT2D eigenvalue weighted by molar-refractivity contribution is 6.59. The van der Waals surface area contributed by atoms with Gasteiger partial charge in [-0.25, -0.2) is 0 Å². The van der Waals surface area contributed by atoms with E-state index in [-0.39, 0.29) is 7.48 Å². The van der Waals surface area contributed by atoms with Gasteiger partial charge in [-0.2, -0.15) is 0 Å². The summed E-state index contributed by atoms with van der Waals surface area (Å²) in [7, 11) is -5.00. The zero-order chi connectivity index (χ0) is 84.6. The molecular formula is C113H72B4O7. The molecule has 4 aliphatic rings. The SMILES string of the molecule is C#Cc1ccc2c(c1)/C(=C\c1cccc(BO)c1)c1cc(-c3ccc(C(c4ccc(-c5ccc6c(c5)/C(=C/c5cccc(B(O)O)c5)c5cc(C#C)ccc5-6)cc4)(c4ccc(-c5ccc6c(c5)/C(=C/c5cccc(B(O)O)c5)c5cc(C#C)ccc5-6)cc4)c4ccc(-c5ccc6c(c5)/C(=C/c5cccc(B(O)O)c5)c5cc(C#C)ccc5-6)cc4)cc3)ccc1-2. The second-order valence-electron chi connectivity index (χ2n) is 32.0. The molecule has 0 aliphatic heterocycles. The van der Waals surface area contributed by atoms with Crippen LogP contribution < -0.4 is 21.9 Å². The van der Waals surface area contributed by atoms with Crippen LogP contribution in [0.4, 0.5) is 0 Å². The van der Waals surface area contributed by atoms with Crippen LogP contribution in [0.1, 0.15) is 111 Å². The zero-order valence-electron chi connectivity index (χ0n) is 67.0. The van der Waals surface area contributed by atoms with Crippen molar-refractivity contribution in [1.82, 2.24) is 0 Å². The summed E-state index contributed by atoms with van der Waals surface area (Å²) in [5.74, 6) is 11.4. The van der Waals surface area contributed by atoms with Gasteiger partial charge in [0.25, 0.3) is 0 Å². The fourth-order valence-electron chi connectivity index (χ4n) is 18.8. The van der Waals surface area contributed by atoms with E-state index in [1.54, 1.807) is 36.4 Å². The summed E-state index contributed by atoms with van der Waals surface area (Å²) in [6.07, 6.45) is 32.8. The Hall–Kier alpha value is -15.3. The Kier molecular flexibility index (Phi) is 19.8. The maximum atomic E-state index is 10.3. The molecule has 4 aliphatic carbocycles. The number of hydrogen-bond donors (Lipinski definition) is 7. The zero-order valence-corrected chi connectivity index (χ0v) is 67.0. The molecular weight excluding hydrogens is 1510 g/mol. The molecule has 0 heterocycles. The second-order valence-corrected chi connectivity index (χ2v) is 32.0. The van der Waals surface area contributed by atoms with Crippen LogP contribution in [0, 0.1) is 49.4 Å². The van der Waals surface area contributed by atoms with Gasteiger partial charge in [-0.05, 0) is 314 Å². The van der Waals surface area contributed by atoms with Gasteiger partial charge < -0.3 is 35.2 Å². The second kappa shape index (κ2) is 31.7. The van der Waals surface area contributed by atoms with Crippen molar-refractivity contribution in [3.8, 4) is 138 Å². The first-order valence-corrected chi connectivity index (χ1v) is 41.0. The Morgan fingerprint density at radius 1 is 0.226 bits per heavy atom. The molecule has 7 nitrogen and oxygen atoms in total. The topological polar surface area (TPSA) is 142 Å². The smallest absolute Gasteiger partial charge is 0.449 e. The first kappa shape index (κ1) is 77.3. The quantitative estimate of drug-likeness (QED) is 0.0290. The van der Waals surface area contributed by atoms with Crippen molar-refractivity contribution in [1.29, 1.82) is 0 Å². The van der Waals surface area contributed by atoms with Crippen molar-refractivity contribution in [2.24, 2.45) is 0 Å². The molecule has 16 aromatic carbocycles. The fourth-order valence-corrected chi connectivity index (χ4v) is 18.8. The molecule has 124 heavy (non-hydrogen) atoms. The largest absolute Gasteiger partial charge is 0.488 e. The molecule has 20 rings (SSSR count). The van der Waals surface area contributed by atoms with Gasteiger partial charge in [0, 0.05) is 22.3 Å². The lowest BCUT2D eigenvalue weighted by molar-refractivity contribution is 0.424. The molecule has 7 N–H and O–H groups in total. The molecule has 0 spiro atoms. The molecule has 0 amide bonds. The van der Waals surface area contributed by atoms with Gasteiger partial charge >= 0.3 is 28.8 Å². The molecule has 0 atom stereocenters. The molecule has 0 unspecified atom stereocenters. The van der Waals surface area contributed by atoms with Crippen LogP contribution >= 0.6 is 0 Å². The van der Waals surface area contributed by atoms with Gasteiger partial charge in [0.2, 0.25) is 0 Å². The summed E-state index contributed by atoms with van der Waals surface area (Å²) >= 11 is 0. The monoisotopic (exact) mass is 1580 g/mol. The number of fused-ring (bicyclic) bond motifs is 12. The van der Waals surface area contributed by atoms with E-state index in [2.05, 4.69) is 272 Å². The Morgan fingerprint density at radius 2 is 0.444 bits per heavy atom. The first-order valence-electron chi connectivity index (χ1n) is 41.0. The third-order valence-electron chi connectivity index (χ3n) is 24.9. The van der Waals surface area contributed by atoms with Crippen molar-refractivity contribution in [3.05, 3.63) is 451 Å². The van der Waals surface area contributed by atoms with Crippen molar-refractivity contribution in [2.45, 2.75) is 5.41 Å². The molecule has 11 heteroatoms. The van der Waals surface area contributed by atoms with Crippen molar-refractivity contribution in [2.75, 3.05) is 0 Å². The molecule has 0 saturated heterocycles. The number of benzene rings is 16. The summed E-state index contributed by atoms with van der Waals surface area (Å²) in [5.41, 5.74) is 39.8. The predicted octanol–water partition coefficient (Wildman–Crippen LogP) is 17.9. The molecule has 578 valence electrons. The lowest BCUT2D eigenvalue weighted by Crippen LogP contribution is -2.31. The van der Waals surface area contributed by atoms with Gasteiger partial charge in [-0.1, -0.05) is 296 Å². The van der Waals surface area contributed by atoms with Crippen molar-refractivity contribution >= 4 is 97.3 Å². The van der Waals surface area contributed by atoms with Gasteiger partial charge in [-0.15, -0.1) is 25.7 Å². The van der Waals surface area contributed by atoms with Crippen LogP contribution in [-0.2, 0) is 5.41 Å². The van der Waals surface area contributed by atoms with E-state index >= 15 is 0 Å². The average Bonchev–Trinajstić information content (AvgIpc) is 1.15. The Bertz CT molecular complexity index is 6930. The lowest BCUT2D eigenvalue weighted by Gasteiger charge is -2.37. The Morgan fingerprint density at radius 3 is 0.677 bits per heavy atom. The maximum Gasteiger partial charge on any atom is 0.488 e. The standard InChI is InChI=1S/C113H72B4O7/c1-5-69-21-45-93-97-49-33-81(65-109(97)105(101(93)57-69)61-73-13-9-17-89(53-73)114-118)77-25-37-85(38-26-77)113(86-39-27-78(28-40-86)82-34-50-98-94-46-22-70(6-2)58-102(94)106(110(98)66-82)62-74-14-10-18-90(54-74)115(119)120,87-41-29-79(30-42-87)83-35-51-99-95-47-23-71(7-3)59-103(95)107(111(99)67-83)63-75-15-11-19-91(55-75)116(121)122)88-43-31-80(32-44-88)84-36-52-100-96-48-24-72(8-4)60-104(96)108(112(100)68-84)64-76-16-12-20-92(56-76)117(123)124/h1-4,9-68,114,118-124H/b105-61+,106-62+,107-63+,108-64+. The van der Waals surface area contributed by atoms with E-state index in [0.29, 0.717) is 16.4 Å². The third kappa shape index (κ3) is 13.7. The lowest BCUT2D eigenvalue weighted by atomic mass is 9.64. The summed E-state index contributed by atoms with van der Waals surface area (Å²) in [6.45, 7) is 0. The van der Waals surface area contributed by atoms with E-state index in [1.165, 1.54) is 0 Å². The van der Waals surface area contributed by atoms with E-state index in [9.17, 15) is 35.2 Å². The highest BCUT2D eigenvalue weighted by Crippen LogP contribution is 2.54. The van der Waals surface area contributed by atoms with E-state index in [0.717, 1.165) is 228 Å². The molecule has 0 radical (unpaired) electrons.